The molecule has 0 aromatic heterocycles. The molecule has 0 aliphatic rings. The Kier molecular flexibility index (Phi) is 6.42. The highest BCUT2D eigenvalue weighted by Gasteiger charge is 2.08. The van der Waals surface area contributed by atoms with Gasteiger partial charge in [-0.3, -0.25) is 10.1 Å². The highest BCUT2D eigenvalue weighted by Crippen LogP contribution is 2.26. The van der Waals surface area contributed by atoms with Gasteiger partial charge in [-0.1, -0.05) is 11.6 Å². The SMILES string of the molecule is COCCNCCNc1ccc([N+](=O)[O-])cc1Cl. The van der Waals surface area contributed by atoms with E-state index in [0.29, 0.717) is 23.9 Å². The minimum absolute atomic E-state index is 0.0104. The summed E-state index contributed by atoms with van der Waals surface area (Å²) in [7, 11) is 1.65. The maximum atomic E-state index is 10.5. The van der Waals surface area contributed by atoms with Crippen LogP contribution in [0.2, 0.25) is 5.02 Å². The van der Waals surface area contributed by atoms with Crippen molar-refractivity contribution in [2.45, 2.75) is 0 Å². The number of ether oxygens (including phenoxy) is 1. The van der Waals surface area contributed by atoms with Crippen molar-refractivity contribution in [3.63, 3.8) is 0 Å². The summed E-state index contributed by atoms with van der Waals surface area (Å²) in [5, 5.41) is 17.1. The normalized spacial score (nSPS) is 10.3. The van der Waals surface area contributed by atoms with Crippen LogP contribution in [-0.2, 0) is 4.74 Å². The highest BCUT2D eigenvalue weighted by atomic mass is 35.5. The third-order valence-corrected chi connectivity index (χ3v) is 2.58. The minimum Gasteiger partial charge on any atom is -0.383 e. The first-order chi connectivity index (χ1) is 8.65. The van der Waals surface area contributed by atoms with Crippen molar-refractivity contribution >= 4 is 23.0 Å². The van der Waals surface area contributed by atoms with Gasteiger partial charge in [-0.25, -0.2) is 0 Å². The lowest BCUT2D eigenvalue weighted by Gasteiger charge is -2.08. The molecule has 0 unspecified atom stereocenters. The Hall–Kier alpha value is -1.37. The summed E-state index contributed by atoms with van der Waals surface area (Å²) in [4.78, 5) is 10.1. The number of benzene rings is 1. The van der Waals surface area contributed by atoms with Gasteiger partial charge >= 0.3 is 0 Å². The summed E-state index contributed by atoms with van der Waals surface area (Å²) in [6.45, 7) is 2.89. The average molecular weight is 274 g/mol. The molecule has 18 heavy (non-hydrogen) atoms. The fourth-order valence-electron chi connectivity index (χ4n) is 1.35. The molecule has 0 aliphatic heterocycles. The maximum absolute atomic E-state index is 10.5. The average Bonchev–Trinajstić information content (AvgIpc) is 2.35. The molecule has 0 saturated heterocycles. The molecule has 0 aliphatic carbocycles. The van der Waals surface area contributed by atoms with Crippen LogP contribution < -0.4 is 10.6 Å². The van der Waals surface area contributed by atoms with E-state index in [0.717, 1.165) is 13.1 Å². The van der Waals surface area contributed by atoms with Crippen molar-refractivity contribution in [3.05, 3.63) is 33.3 Å². The molecule has 6 nitrogen and oxygen atoms in total. The van der Waals surface area contributed by atoms with Gasteiger partial charge in [0.2, 0.25) is 0 Å². The fraction of sp³-hybridized carbons (Fsp3) is 0.455. The quantitative estimate of drug-likeness (QED) is 0.430. The van der Waals surface area contributed by atoms with Crippen molar-refractivity contribution in [1.82, 2.24) is 5.32 Å². The summed E-state index contributed by atoms with van der Waals surface area (Å²) >= 11 is 5.93. The summed E-state index contributed by atoms with van der Waals surface area (Å²) in [5.41, 5.74) is 0.680. The topological polar surface area (TPSA) is 76.4 Å². The number of nitrogens with one attached hydrogen (secondary N) is 2. The Morgan fingerprint density at radius 2 is 2.17 bits per heavy atom. The zero-order valence-electron chi connectivity index (χ0n) is 10.1. The van der Waals surface area contributed by atoms with E-state index >= 15 is 0 Å². The monoisotopic (exact) mass is 273 g/mol. The number of hydrogen-bond donors (Lipinski definition) is 2. The summed E-state index contributed by atoms with van der Waals surface area (Å²) in [5.74, 6) is 0. The van der Waals surface area contributed by atoms with Crippen LogP contribution in [0.5, 0.6) is 0 Å². The van der Waals surface area contributed by atoms with Gasteiger partial charge in [-0.15, -0.1) is 0 Å². The standard InChI is InChI=1S/C11H16ClN3O3/c1-18-7-6-13-4-5-14-11-3-2-9(15(16)17)8-10(11)12/h2-3,8,13-14H,4-7H2,1H3. The molecule has 0 bridgehead atoms. The second kappa shape index (κ2) is 7.86. The number of hydrogen-bond acceptors (Lipinski definition) is 5. The number of nitro benzene ring substituents is 1. The molecule has 2 N–H and O–H groups in total. The lowest BCUT2D eigenvalue weighted by molar-refractivity contribution is -0.384. The molecule has 1 aromatic carbocycles. The molecular weight excluding hydrogens is 258 g/mol. The van der Waals surface area contributed by atoms with Gasteiger partial charge in [-0.05, 0) is 6.07 Å². The first kappa shape index (κ1) is 14.7. The largest absolute Gasteiger partial charge is 0.383 e. The summed E-state index contributed by atoms with van der Waals surface area (Å²) in [6.07, 6.45) is 0. The third kappa shape index (κ3) is 4.87. The fourth-order valence-corrected chi connectivity index (χ4v) is 1.59. The van der Waals surface area contributed by atoms with Crippen LogP contribution in [0.1, 0.15) is 0 Å². The van der Waals surface area contributed by atoms with Crippen molar-refractivity contribution in [3.8, 4) is 0 Å². The molecule has 1 rings (SSSR count). The number of methoxy groups -OCH3 is 1. The number of nitrogens with zero attached hydrogens (tertiary/aromatic N) is 1. The van der Waals surface area contributed by atoms with Gasteiger partial charge in [0.15, 0.2) is 0 Å². The molecule has 0 amide bonds. The predicted molar refractivity (Wildman–Crippen MR) is 71.3 cm³/mol. The zero-order valence-corrected chi connectivity index (χ0v) is 10.9. The Labute approximate surface area is 110 Å². The van der Waals surface area contributed by atoms with Crippen LogP contribution in [-0.4, -0.2) is 38.3 Å². The van der Waals surface area contributed by atoms with Crippen LogP contribution >= 0.6 is 11.6 Å². The van der Waals surface area contributed by atoms with Crippen molar-refractivity contribution in [2.75, 3.05) is 38.7 Å². The van der Waals surface area contributed by atoms with E-state index in [-0.39, 0.29) is 5.69 Å². The van der Waals surface area contributed by atoms with Crippen LogP contribution in [0.4, 0.5) is 11.4 Å². The van der Waals surface area contributed by atoms with Crippen molar-refractivity contribution in [1.29, 1.82) is 0 Å². The summed E-state index contributed by atoms with van der Waals surface area (Å²) < 4.78 is 4.89. The molecule has 0 heterocycles. The first-order valence-electron chi connectivity index (χ1n) is 5.52. The molecule has 7 heteroatoms. The van der Waals surface area contributed by atoms with Crippen LogP contribution in [0.25, 0.3) is 0 Å². The number of halogens is 1. The Balaban J connectivity index is 2.36. The number of rotatable bonds is 8. The van der Waals surface area contributed by atoms with Crippen LogP contribution in [0.15, 0.2) is 18.2 Å². The molecule has 0 atom stereocenters. The van der Waals surface area contributed by atoms with Crippen molar-refractivity contribution < 1.29 is 9.66 Å². The summed E-state index contributed by atoms with van der Waals surface area (Å²) in [6, 6.07) is 4.37. The van der Waals surface area contributed by atoms with Gasteiger partial charge in [0.05, 0.1) is 22.2 Å². The minimum atomic E-state index is -0.470. The lowest BCUT2D eigenvalue weighted by Crippen LogP contribution is -2.25. The predicted octanol–water partition coefficient (Wildman–Crippen LogP) is 1.90. The van der Waals surface area contributed by atoms with Crippen molar-refractivity contribution in [2.24, 2.45) is 0 Å². The molecular formula is C11H16ClN3O3. The molecule has 100 valence electrons. The third-order valence-electron chi connectivity index (χ3n) is 2.26. The van der Waals surface area contributed by atoms with E-state index in [4.69, 9.17) is 16.3 Å². The van der Waals surface area contributed by atoms with Crippen LogP contribution in [0, 0.1) is 10.1 Å². The molecule has 1 aromatic rings. The van der Waals surface area contributed by atoms with Gasteiger partial charge in [0.1, 0.15) is 0 Å². The number of nitro groups is 1. The molecule has 0 fully saturated rings. The first-order valence-corrected chi connectivity index (χ1v) is 5.90. The second-order valence-electron chi connectivity index (χ2n) is 3.59. The van der Waals surface area contributed by atoms with E-state index in [9.17, 15) is 10.1 Å². The van der Waals surface area contributed by atoms with E-state index in [2.05, 4.69) is 10.6 Å². The lowest BCUT2D eigenvalue weighted by atomic mass is 10.3. The van der Waals surface area contributed by atoms with Gasteiger partial charge in [0, 0.05) is 38.9 Å². The van der Waals surface area contributed by atoms with E-state index in [1.807, 2.05) is 0 Å². The van der Waals surface area contributed by atoms with E-state index in [1.54, 1.807) is 13.2 Å². The van der Waals surface area contributed by atoms with Crippen LogP contribution in [0.3, 0.4) is 0 Å². The number of non-ortho nitro benzene ring substituents is 1. The van der Waals surface area contributed by atoms with Gasteiger partial charge in [0.25, 0.3) is 5.69 Å². The second-order valence-corrected chi connectivity index (χ2v) is 4.00. The molecule has 0 spiro atoms. The smallest absolute Gasteiger partial charge is 0.271 e. The van der Waals surface area contributed by atoms with E-state index < -0.39 is 4.92 Å². The zero-order chi connectivity index (χ0) is 13.4. The Morgan fingerprint density at radius 1 is 1.39 bits per heavy atom. The Bertz CT molecular complexity index is 401. The molecule has 0 radical (unpaired) electrons. The maximum Gasteiger partial charge on any atom is 0.271 e. The highest BCUT2D eigenvalue weighted by molar-refractivity contribution is 6.33. The van der Waals surface area contributed by atoms with E-state index in [1.165, 1.54) is 12.1 Å². The Morgan fingerprint density at radius 3 is 2.78 bits per heavy atom. The van der Waals surface area contributed by atoms with Gasteiger partial charge < -0.3 is 15.4 Å². The number of anilines is 1. The van der Waals surface area contributed by atoms with Gasteiger partial charge in [-0.2, -0.15) is 0 Å². The molecule has 0 saturated carbocycles.